The number of benzene rings is 2. The Bertz CT molecular complexity index is 1420. The molecule has 5 rings (SSSR count). The van der Waals surface area contributed by atoms with Crippen LogP contribution in [0.15, 0.2) is 73.1 Å². The molecule has 0 spiro atoms. The summed E-state index contributed by atoms with van der Waals surface area (Å²) in [4.78, 5) is 21.7. The molecular formula is C27H25F4N7O. The Hall–Kier alpha value is -4.32. The summed E-state index contributed by atoms with van der Waals surface area (Å²) in [6.45, 7) is 1.40. The van der Waals surface area contributed by atoms with Gasteiger partial charge in [0, 0.05) is 29.2 Å². The Morgan fingerprint density at radius 2 is 1.72 bits per heavy atom. The van der Waals surface area contributed by atoms with Gasteiger partial charge in [-0.2, -0.15) is 18.3 Å². The molecule has 4 aromatic rings. The first-order valence-electron chi connectivity index (χ1n) is 12.3. The van der Waals surface area contributed by atoms with E-state index in [4.69, 9.17) is 4.98 Å². The monoisotopic (exact) mass is 539 g/mol. The third kappa shape index (κ3) is 5.90. The molecule has 12 heteroatoms. The lowest BCUT2D eigenvalue weighted by atomic mass is 9.87. The minimum absolute atomic E-state index is 0.0375. The average molecular weight is 540 g/mol. The lowest BCUT2D eigenvalue weighted by molar-refractivity contribution is -0.155. The van der Waals surface area contributed by atoms with E-state index in [1.165, 1.54) is 12.1 Å². The molecular weight excluding hydrogens is 514 g/mol. The molecule has 0 bridgehead atoms. The summed E-state index contributed by atoms with van der Waals surface area (Å²) in [5, 5.41) is 16.2. The Labute approximate surface area is 221 Å². The first-order chi connectivity index (χ1) is 18.7. The minimum atomic E-state index is -4.78. The number of carbonyl (C=O) groups is 1. The van der Waals surface area contributed by atoms with Crippen LogP contribution in [0.1, 0.15) is 40.6 Å². The van der Waals surface area contributed by atoms with Crippen molar-refractivity contribution < 1.29 is 22.4 Å². The van der Waals surface area contributed by atoms with Crippen LogP contribution in [-0.4, -0.2) is 45.3 Å². The molecule has 1 aliphatic rings. The van der Waals surface area contributed by atoms with Gasteiger partial charge in [-0.3, -0.25) is 14.9 Å². The average Bonchev–Trinajstić information content (AvgIpc) is 3.44. The van der Waals surface area contributed by atoms with Crippen LogP contribution in [-0.2, 0) is 5.54 Å². The van der Waals surface area contributed by atoms with Crippen molar-refractivity contribution in [3.63, 3.8) is 0 Å². The second-order valence-electron chi connectivity index (χ2n) is 9.28. The molecule has 0 saturated carbocycles. The zero-order chi connectivity index (χ0) is 27.5. The van der Waals surface area contributed by atoms with Crippen LogP contribution >= 0.6 is 0 Å². The number of anilines is 1. The van der Waals surface area contributed by atoms with Gasteiger partial charge in [0.2, 0.25) is 0 Å². The number of halogens is 4. The van der Waals surface area contributed by atoms with Gasteiger partial charge >= 0.3 is 6.18 Å². The molecule has 202 valence electrons. The number of hydrogen-bond acceptors (Lipinski definition) is 6. The molecule has 3 heterocycles. The number of nitrogens with zero attached hydrogens (tertiary/aromatic N) is 3. The SMILES string of the molecule is O=C(N[C@H](c1ccc(F)cc1)C(F)(F)F)c1cccc(NC2(c3nc(-c4ccncc4)n[nH]3)CCNCC2)c1. The maximum Gasteiger partial charge on any atom is 0.412 e. The number of aromatic nitrogens is 4. The quantitative estimate of drug-likeness (QED) is 0.253. The molecule has 2 aromatic carbocycles. The van der Waals surface area contributed by atoms with Crippen LogP contribution in [0.3, 0.4) is 0 Å². The second kappa shape index (κ2) is 10.8. The fraction of sp³-hybridized carbons (Fsp3) is 0.259. The van der Waals surface area contributed by atoms with E-state index in [9.17, 15) is 22.4 Å². The van der Waals surface area contributed by atoms with Crippen molar-refractivity contribution >= 4 is 11.6 Å². The Morgan fingerprint density at radius 3 is 2.41 bits per heavy atom. The molecule has 1 fully saturated rings. The van der Waals surface area contributed by atoms with Crippen molar-refractivity contribution in [2.75, 3.05) is 18.4 Å². The van der Waals surface area contributed by atoms with Gasteiger partial charge < -0.3 is 16.0 Å². The highest BCUT2D eigenvalue weighted by Crippen LogP contribution is 2.35. The van der Waals surface area contributed by atoms with E-state index in [0.29, 0.717) is 43.3 Å². The Kier molecular flexibility index (Phi) is 7.29. The van der Waals surface area contributed by atoms with E-state index in [1.54, 1.807) is 36.7 Å². The predicted octanol–water partition coefficient (Wildman–Crippen LogP) is 4.73. The molecule has 1 atom stereocenters. The smallest absolute Gasteiger partial charge is 0.373 e. The topological polar surface area (TPSA) is 108 Å². The molecule has 4 N–H and O–H groups in total. The molecule has 8 nitrogen and oxygen atoms in total. The van der Waals surface area contributed by atoms with Crippen molar-refractivity contribution in [1.82, 2.24) is 30.8 Å². The zero-order valence-corrected chi connectivity index (χ0v) is 20.6. The fourth-order valence-electron chi connectivity index (χ4n) is 4.62. The van der Waals surface area contributed by atoms with E-state index < -0.39 is 29.5 Å². The van der Waals surface area contributed by atoms with Gasteiger partial charge in [0.25, 0.3) is 5.91 Å². The van der Waals surface area contributed by atoms with Gasteiger partial charge in [0.05, 0.1) is 5.54 Å². The summed E-state index contributed by atoms with van der Waals surface area (Å²) < 4.78 is 54.6. The number of pyridine rings is 1. The van der Waals surface area contributed by atoms with Crippen molar-refractivity contribution in [3.05, 3.63) is 95.8 Å². The highest BCUT2D eigenvalue weighted by Gasteiger charge is 2.42. The standard InChI is InChI=1S/C27H25F4N7O/c28-20-6-4-17(5-7-20)22(27(29,30)31)34-24(39)19-2-1-3-21(16-19)36-26(10-14-33-15-11-26)25-35-23(37-38-25)18-8-12-32-13-9-18/h1-9,12-13,16,22,33,36H,10-11,14-15H2,(H,34,39)(H,35,37,38)/t22-/m1/s1. The molecule has 0 aliphatic carbocycles. The summed E-state index contributed by atoms with van der Waals surface area (Å²) in [7, 11) is 0. The highest BCUT2D eigenvalue weighted by molar-refractivity contribution is 5.95. The molecule has 2 aromatic heterocycles. The minimum Gasteiger partial charge on any atom is -0.373 e. The summed E-state index contributed by atoms with van der Waals surface area (Å²) in [6, 6.07) is 11.4. The fourth-order valence-corrected chi connectivity index (χ4v) is 4.62. The van der Waals surface area contributed by atoms with E-state index in [2.05, 4.69) is 25.8 Å². The number of hydrogen-bond donors (Lipinski definition) is 4. The van der Waals surface area contributed by atoms with E-state index in [1.807, 2.05) is 5.32 Å². The zero-order valence-electron chi connectivity index (χ0n) is 20.6. The van der Waals surface area contributed by atoms with Crippen molar-refractivity contribution in [2.45, 2.75) is 30.6 Å². The maximum absolute atomic E-state index is 13.8. The Balaban J connectivity index is 1.39. The normalized spacial score (nSPS) is 15.9. The number of aromatic amines is 1. The van der Waals surface area contributed by atoms with Gasteiger partial charge in [0.15, 0.2) is 17.7 Å². The van der Waals surface area contributed by atoms with Gasteiger partial charge in [-0.15, -0.1) is 0 Å². The number of nitrogens with one attached hydrogen (secondary N) is 4. The van der Waals surface area contributed by atoms with Gasteiger partial charge in [-0.1, -0.05) is 18.2 Å². The lowest BCUT2D eigenvalue weighted by Crippen LogP contribution is -2.46. The van der Waals surface area contributed by atoms with Gasteiger partial charge in [-0.05, 0) is 74.0 Å². The second-order valence-corrected chi connectivity index (χ2v) is 9.28. The largest absolute Gasteiger partial charge is 0.412 e. The van der Waals surface area contributed by atoms with E-state index >= 15 is 0 Å². The molecule has 39 heavy (non-hydrogen) atoms. The van der Waals surface area contributed by atoms with E-state index in [0.717, 1.165) is 29.8 Å². The molecule has 1 saturated heterocycles. The number of rotatable bonds is 7. The first-order valence-corrected chi connectivity index (χ1v) is 12.3. The number of alkyl halides is 3. The third-order valence-corrected chi connectivity index (χ3v) is 6.65. The highest BCUT2D eigenvalue weighted by atomic mass is 19.4. The van der Waals surface area contributed by atoms with Crippen LogP contribution in [0.5, 0.6) is 0 Å². The number of H-pyrrole nitrogens is 1. The van der Waals surface area contributed by atoms with E-state index in [-0.39, 0.29) is 11.1 Å². The number of amides is 1. The first kappa shape index (κ1) is 26.3. The van der Waals surface area contributed by atoms with Crippen LogP contribution in [0, 0.1) is 5.82 Å². The molecule has 0 radical (unpaired) electrons. The summed E-state index contributed by atoms with van der Waals surface area (Å²) in [5.41, 5.74) is 0.458. The van der Waals surface area contributed by atoms with Crippen molar-refractivity contribution in [3.8, 4) is 11.4 Å². The predicted molar refractivity (Wildman–Crippen MR) is 136 cm³/mol. The number of piperidine rings is 1. The van der Waals surface area contributed by atoms with Crippen LogP contribution in [0.2, 0.25) is 0 Å². The number of carbonyl (C=O) groups excluding carboxylic acids is 1. The molecule has 1 aliphatic heterocycles. The summed E-state index contributed by atoms with van der Waals surface area (Å²) >= 11 is 0. The van der Waals surface area contributed by atoms with Crippen molar-refractivity contribution in [1.29, 1.82) is 0 Å². The summed E-state index contributed by atoms with van der Waals surface area (Å²) in [6.07, 6.45) is -0.175. The van der Waals surface area contributed by atoms with Crippen LogP contribution in [0.4, 0.5) is 23.2 Å². The van der Waals surface area contributed by atoms with Crippen molar-refractivity contribution in [2.24, 2.45) is 0 Å². The molecule has 0 unspecified atom stereocenters. The lowest BCUT2D eigenvalue weighted by Gasteiger charge is -2.37. The van der Waals surface area contributed by atoms with Crippen LogP contribution in [0.25, 0.3) is 11.4 Å². The Morgan fingerprint density at radius 1 is 1.00 bits per heavy atom. The van der Waals surface area contributed by atoms with Gasteiger partial charge in [0.1, 0.15) is 5.82 Å². The van der Waals surface area contributed by atoms with Gasteiger partial charge in [-0.25, -0.2) is 9.37 Å². The third-order valence-electron chi connectivity index (χ3n) is 6.65. The van der Waals surface area contributed by atoms with Crippen LogP contribution < -0.4 is 16.0 Å². The molecule has 1 amide bonds. The maximum atomic E-state index is 13.8. The summed E-state index contributed by atoms with van der Waals surface area (Å²) in [5.74, 6) is -0.459.